The van der Waals surface area contributed by atoms with E-state index in [2.05, 4.69) is 62.4 Å². The second-order valence-electron chi connectivity index (χ2n) is 5.39. The van der Waals surface area contributed by atoms with Gasteiger partial charge in [0.15, 0.2) is 0 Å². The molecule has 4 heteroatoms. The molecule has 3 nitrogen and oxygen atoms in total. The first-order chi connectivity index (χ1) is 10.1. The van der Waals surface area contributed by atoms with E-state index in [0.717, 1.165) is 35.9 Å². The predicted molar refractivity (Wildman–Crippen MR) is 88.7 cm³/mol. The molecule has 0 amide bonds. The summed E-state index contributed by atoms with van der Waals surface area (Å²) in [6, 6.07) is 8.91. The van der Waals surface area contributed by atoms with Gasteiger partial charge in [0.25, 0.3) is 0 Å². The van der Waals surface area contributed by atoms with Gasteiger partial charge >= 0.3 is 0 Å². The Hall–Kier alpha value is -1.32. The maximum absolute atomic E-state index is 6.44. The first-order valence-corrected chi connectivity index (χ1v) is 7.98. The Bertz CT molecular complexity index is 587. The molecule has 2 aromatic rings. The Morgan fingerprint density at radius 2 is 1.90 bits per heavy atom. The van der Waals surface area contributed by atoms with E-state index >= 15 is 0 Å². The quantitative estimate of drug-likeness (QED) is 0.863. The first-order valence-electron chi connectivity index (χ1n) is 7.60. The maximum atomic E-state index is 6.44. The molecular formula is C17H24ClN3. The van der Waals surface area contributed by atoms with Gasteiger partial charge < -0.3 is 5.32 Å². The van der Waals surface area contributed by atoms with Gasteiger partial charge in [-0.25, -0.2) is 0 Å². The van der Waals surface area contributed by atoms with Crippen molar-refractivity contribution in [2.75, 3.05) is 0 Å². The van der Waals surface area contributed by atoms with Crippen LogP contribution < -0.4 is 5.32 Å². The van der Waals surface area contributed by atoms with E-state index in [4.69, 9.17) is 11.6 Å². The number of hydrogen-bond donors (Lipinski definition) is 1. The summed E-state index contributed by atoms with van der Waals surface area (Å²) in [5.41, 5.74) is 4.63. The molecule has 0 bridgehead atoms. The molecule has 0 aliphatic heterocycles. The number of aryl methyl sites for hydroxylation is 3. The Morgan fingerprint density at radius 3 is 2.48 bits per heavy atom. The third-order valence-electron chi connectivity index (χ3n) is 3.85. The van der Waals surface area contributed by atoms with Crippen molar-refractivity contribution < 1.29 is 0 Å². The standard InChI is InChI=1S/C17H24ClN3/c1-5-15-17(18)16(21(6-2)20-15)11-19-13(4)14-9-7-12(3)8-10-14/h7-10,13,19H,5-6,11H2,1-4H3/t13-/m1/s1. The lowest BCUT2D eigenvalue weighted by Gasteiger charge is -2.15. The summed E-state index contributed by atoms with van der Waals surface area (Å²) in [5, 5.41) is 8.90. The highest BCUT2D eigenvalue weighted by Crippen LogP contribution is 2.22. The van der Waals surface area contributed by atoms with Gasteiger partial charge in [-0.05, 0) is 32.8 Å². The Kier molecular flexibility index (Phi) is 5.43. The van der Waals surface area contributed by atoms with Gasteiger partial charge in [-0.15, -0.1) is 0 Å². The van der Waals surface area contributed by atoms with Gasteiger partial charge in [-0.1, -0.05) is 48.4 Å². The molecule has 1 atom stereocenters. The van der Waals surface area contributed by atoms with Crippen LogP contribution in [0.3, 0.4) is 0 Å². The van der Waals surface area contributed by atoms with Gasteiger partial charge in [0.1, 0.15) is 0 Å². The fraction of sp³-hybridized carbons (Fsp3) is 0.471. The van der Waals surface area contributed by atoms with Crippen LogP contribution in [0, 0.1) is 6.92 Å². The molecule has 0 saturated heterocycles. The molecule has 1 aromatic carbocycles. The third-order valence-corrected chi connectivity index (χ3v) is 4.28. The minimum Gasteiger partial charge on any atom is -0.305 e. The normalized spacial score (nSPS) is 12.6. The lowest BCUT2D eigenvalue weighted by atomic mass is 10.1. The van der Waals surface area contributed by atoms with Gasteiger partial charge in [0, 0.05) is 19.1 Å². The molecule has 0 spiro atoms. The topological polar surface area (TPSA) is 29.9 Å². The van der Waals surface area contributed by atoms with Crippen molar-refractivity contribution in [3.63, 3.8) is 0 Å². The monoisotopic (exact) mass is 305 g/mol. The number of benzene rings is 1. The predicted octanol–water partition coefficient (Wildman–Crippen LogP) is 4.28. The van der Waals surface area contributed by atoms with Crippen LogP contribution in [0.2, 0.25) is 5.02 Å². The average molecular weight is 306 g/mol. The minimum atomic E-state index is 0.284. The van der Waals surface area contributed by atoms with E-state index in [1.165, 1.54) is 11.1 Å². The maximum Gasteiger partial charge on any atom is 0.0863 e. The third kappa shape index (κ3) is 3.66. The SMILES string of the molecule is CCc1nn(CC)c(CN[C@H](C)c2ccc(C)cc2)c1Cl. The Labute approximate surface area is 132 Å². The number of nitrogens with one attached hydrogen (secondary N) is 1. The minimum absolute atomic E-state index is 0.284. The van der Waals surface area contributed by atoms with Crippen LogP contribution in [0.5, 0.6) is 0 Å². The van der Waals surface area contributed by atoms with E-state index in [0.29, 0.717) is 0 Å². The molecule has 114 valence electrons. The molecule has 1 heterocycles. The smallest absolute Gasteiger partial charge is 0.0863 e. The number of halogens is 1. The highest BCUT2D eigenvalue weighted by molar-refractivity contribution is 6.31. The summed E-state index contributed by atoms with van der Waals surface area (Å²) in [6.07, 6.45) is 0.867. The van der Waals surface area contributed by atoms with Crippen LogP contribution >= 0.6 is 11.6 Å². The summed E-state index contributed by atoms with van der Waals surface area (Å²) in [6.45, 7) is 10.0. The van der Waals surface area contributed by atoms with E-state index in [-0.39, 0.29) is 6.04 Å². The number of nitrogens with zero attached hydrogens (tertiary/aromatic N) is 2. The molecule has 0 saturated carbocycles. The van der Waals surface area contributed by atoms with Crippen molar-refractivity contribution in [2.24, 2.45) is 0 Å². The fourth-order valence-corrected chi connectivity index (χ4v) is 2.74. The lowest BCUT2D eigenvalue weighted by Crippen LogP contribution is -2.20. The van der Waals surface area contributed by atoms with E-state index in [9.17, 15) is 0 Å². The van der Waals surface area contributed by atoms with Crippen molar-refractivity contribution in [3.8, 4) is 0 Å². The Balaban J connectivity index is 2.09. The van der Waals surface area contributed by atoms with E-state index in [1.54, 1.807) is 0 Å². The van der Waals surface area contributed by atoms with Gasteiger partial charge in [-0.2, -0.15) is 5.10 Å². The first kappa shape index (κ1) is 16.1. The molecule has 0 radical (unpaired) electrons. The van der Waals surface area contributed by atoms with Crippen molar-refractivity contribution in [1.82, 2.24) is 15.1 Å². The Morgan fingerprint density at radius 1 is 1.24 bits per heavy atom. The zero-order chi connectivity index (χ0) is 15.4. The van der Waals surface area contributed by atoms with Crippen LogP contribution in [-0.2, 0) is 19.5 Å². The summed E-state index contributed by atoms with van der Waals surface area (Å²) in [7, 11) is 0. The van der Waals surface area contributed by atoms with E-state index in [1.807, 2.05) is 4.68 Å². The zero-order valence-corrected chi connectivity index (χ0v) is 14.0. The lowest BCUT2D eigenvalue weighted by molar-refractivity contribution is 0.530. The van der Waals surface area contributed by atoms with Crippen LogP contribution in [0.1, 0.15) is 49.3 Å². The summed E-state index contributed by atoms with van der Waals surface area (Å²) in [4.78, 5) is 0. The molecule has 1 aromatic heterocycles. The molecule has 0 fully saturated rings. The second kappa shape index (κ2) is 7.10. The molecule has 0 aliphatic carbocycles. The second-order valence-corrected chi connectivity index (χ2v) is 5.77. The van der Waals surface area contributed by atoms with Crippen LogP contribution in [0.4, 0.5) is 0 Å². The molecular weight excluding hydrogens is 282 g/mol. The summed E-state index contributed by atoms with van der Waals surface area (Å²) in [5.74, 6) is 0. The molecule has 0 aliphatic rings. The number of aromatic nitrogens is 2. The van der Waals surface area contributed by atoms with Crippen molar-refractivity contribution in [3.05, 3.63) is 51.8 Å². The largest absolute Gasteiger partial charge is 0.305 e. The zero-order valence-electron chi connectivity index (χ0n) is 13.3. The molecule has 1 N–H and O–H groups in total. The van der Waals surface area contributed by atoms with Crippen molar-refractivity contribution in [1.29, 1.82) is 0 Å². The van der Waals surface area contributed by atoms with Crippen LogP contribution in [0.25, 0.3) is 0 Å². The summed E-state index contributed by atoms with van der Waals surface area (Å²) < 4.78 is 2.00. The number of hydrogen-bond acceptors (Lipinski definition) is 2. The summed E-state index contributed by atoms with van der Waals surface area (Å²) >= 11 is 6.44. The van der Waals surface area contributed by atoms with Crippen molar-refractivity contribution >= 4 is 11.6 Å². The van der Waals surface area contributed by atoms with Crippen LogP contribution in [-0.4, -0.2) is 9.78 Å². The highest BCUT2D eigenvalue weighted by Gasteiger charge is 2.15. The van der Waals surface area contributed by atoms with Crippen LogP contribution in [0.15, 0.2) is 24.3 Å². The number of rotatable bonds is 6. The van der Waals surface area contributed by atoms with Gasteiger partial charge in [-0.3, -0.25) is 4.68 Å². The van der Waals surface area contributed by atoms with E-state index < -0.39 is 0 Å². The van der Waals surface area contributed by atoms with Crippen molar-refractivity contribution in [2.45, 2.75) is 53.2 Å². The molecule has 2 rings (SSSR count). The molecule has 0 unspecified atom stereocenters. The average Bonchev–Trinajstić information content (AvgIpc) is 2.81. The van der Waals surface area contributed by atoms with Gasteiger partial charge in [0.05, 0.1) is 16.4 Å². The highest BCUT2D eigenvalue weighted by atomic mass is 35.5. The molecule has 21 heavy (non-hydrogen) atoms. The fourth-order valence-electron chi connectivity index (χ4n) is 2.41. The van der Waals surface area contributed by atoms with Gasteiger partial charge in [0.2, 0.25) is 0 Å².